The first kappa shape index (κ1) is 19.2. The second-order valence-corrected chi connectivity index (χ2v) is 5.49. The Morgan fingerprint density at radius 2 is 1.22 bits per heavy atom. The molecule has 0 fully saturated rings. The molecule has 0 aromatic heterocycles. The molecular weight excluding hydrogens is 290 g/mol. The molecule has 0 bridgehead atoms. The number of hydrogen-bond donors (Lipinski definition) is 0. The smallest absolute Gasteiger partial charge is 0.200 e. The largest absolute Gasteiger partial charge is 0.491 e. The molecule has 4 heteroatoms. The van der Waals surface area contributed by atoms with Crippen LogP contribution in [0.25, 0.3) is 4.85 Å². The lowest BCUT2D eigenvalue weighted by atomic mass is 10.2. The number of rotatable bonds is 12. The number of unbranched alkanes of at least 4 members (excludes halogenated alkanes) is 3. The molecule has 0 unspecified atom stereocenters. The van der Waals surface area contributed by atoms with Crippen LogP contribution in [0.3, 0.4) is 0 Å². The molecule has 0 spiro atoms. The number of nitrogens with zero attached hydrogens (tertiary/aromatic N) is 1. The Balaban J connectivity index is 3.00. The van der Waals surface area contributed by atoms with E-state index in [1.54, 1.807) is 12.1 Å². The summed E-state index contributed by atoms with van der Waals surface area (Å²) < 4.78 is 17.6. The summed E-state index contributed by atoms with van der Waals surface area (Å²) in [6.07, 6.45) is 6.12. The van der Waals surface area contributed by atoms with E-state index in [0.29, 0.717) is 42.8 Å². The van der Waals surface area contributed by atoms with Gasteiger partial charge in [0.1, 0.15) is 0 Å². The van der Waals surface area contributed by atoms with Crippen molar-refractivity contribution >= 4 is 5.69 Å². The van der Waals surface area contributed by atoms with E-state index in [1.807, 2.05) is 0 Å². The lowest BCUT2D eigenvalue weighted by Crippen LogP contribution is -2.05. The zero-order valence-corrected chi connectivity index (χ0v) is 14.7. The minimum absolute atomic E-state index is 0.519. The molecule has 0 aliphatic rings. The average molecular weight is 319 g/mol. The van der Waals surface area contributed by atoms with Crippen molar-refractivity contribution in [3.63, 3.8) is 0 Å². The van der Waals surface area contributed by atoms with Crippen molar-refractivity contribution in [1.29, 1.82) is 0 Å². The van der Waals surface area contributed by atoms with Crippen LogP contribution < -0.4 is 14.2 Å². The molecule has 23 heavy (non-hydrogen) atoms. The van der Waals surface area contributed by atoms with Crippen LogP contribution in [0, 0.1) is 6.57 Å². The molecule has 1 rings (SSSR count). The number of benzene rings is 1. The molecule has 1 aromatic rings. The fourth-order valence-corrected chi connectivity index (χ4v) is 1.96. The Morgan fingerprint density at radius 1 is 0.783 bits per heavy atom. The summed E-state index contributed by atoms with van der Waals surface area (Å²) in [6.45, 7) is 15.5. The van der Waals surface area contributed by atoms with Crippen LogP contribution in [0.4, 0.5) is 5.69 Å². The van der Waals surface area contributed by atoms with Crippen molar-refractivity contribution < 1.29 is 14.2 Å². The highest BCUT2D eigenvalue weighted by Crippen LogP contribution is 2.42. The molecule has 0 saturated carbocycles. The first-order chi connectivity index (χ1) is 11.3. The van der Waals surface area contributed by atoms with Crippen molar-refractivity contribution in [2.24, 2.45) is 0 Å². The van der Waals surface area contributed by atoms with Gasteiger partial charge in [-0.15, -0.1) is 0 Å². The summed E-state index contributed by atoms with van der Waals surface area (Å²) in [5.41, 5.74) is 0.519. The Labute approximate surface area is 140 Å². The van der Waals surface area contributed by atoms with Crippen LogP contribution >= 0.6 is 0 Å². The maximum atomic E-state index is 7.27. The van der Waals surface area contributed by atoms with Crippen LogP contribution in [0.2, 0.25) is 0 Å². The quantitative estimate of drug-likeness (QED) is 0.362. The van der Waals surface area contributed by atoms with Crippen LogP contribution in [0.15, 0.2) is 12.1 Å². The molecule has 0 atom stereocenters. The first-order valence-electron chi connectivity index (χ1n) is 8.70. The lowest BCUT2D eigenvalue weighted by Gasteiger charge is -2.17. The van der Waals surface area contributed by atoms with Crippen molar-refractivity contribution in [2.45, 2.75) is 59.3 Å². The molecule has 0 radical (unpaired) electrons. The van der Waals surface area contributed by atoms with E-state index in [2.05, 4.69) is 25.6 Å². The van der Waals surface area contributed by atoms with Crippen molar-refractivity contribution in [3.8, 4) is 17.2 Å². The molecule has 0 amide bonds. The molecule has 1 aromatic carbocycles. The van der Waals surface area contributed by atoms with Gasteiger partial charge in [0.25, 0.3) is 0 Å². The summed E-state index contributed by atoms with van der Waals surface area (Å²) in [7, 11) is 0. The van der Waals surface area contributed by atoms with E-state index in [0.717, 1.165) is 38.5 Å². The maximum Gasteiger partial charge on any atom is 0.200 e. The van der Waals surface area contributed by atoms with Gasteiger partial charge in [-0.25, -0.2) is 4.85 Å². The normalized spacial score (nSPS) is 10.2. The monoisotopic (exact) mass is 319 g/mol. The third-order valence-electron chi connectivity index (χ3n) is 3.39. The highest BCUT2D eigenvalue weighted by molar-refractivity contribution is 5.63. The molecule has 0 aliphatic carbocycles. The third kappa shape index (κ3) is 6.81. The van der Waals surface area contributed by atoms with Crippen LogP contribution in [-0.2, 0) is 0 Å². The van der Waals surface area contributed by atoms with Crippen LogP contribution in [0.1, 0.15) is 59.3 Å². The van der Waals surface area contributed by atoms with Gasteiger partial charge in [-0.05, 0) is 31.4 Å². The van der Waals surface area contributed by atoms with Gasteiger partial charge in [0, 0.05) is 0 Å². The molecular formula is C19H29NO3. The van der Waals surface area contributed by atoms with E-state index in [1.165, 1.54) is 0 Å². The molecule has 0 N–H and O–H groups in total. The third-order valence-corrected chi connectivity index (χ3v) is 3.39. The van der Waals surface area contributed by atoms with Gasteiger partial charge < -0.3 is 14.2 Å². The van der Waals surface area contributed by atoms with Gasteiger partial charge >= 0.3 is 0 Å². The second kappa shape index (κ2) is 11.6. The molecule has 0 heterocycles. The molecule has 4 nitrogen and oxygen atoms in total. The highest BCUT2D eigenvalue weighted by Gasteiger charge is 2.15. The highest BCUT2D eigenvalue weighted by atomic mass is 16.5. The first-order valence-corrected chi connectivity index (χ1v) is 8.70. The van der Waals surface area contributed by atoms with Gasteiger partial charge in [-0.2, -0.15) is 0 Å². The Kier molecular flexibility index (Phi) is 9.70. The summed E-state index contributed by atoms with van der Waals surface area (Å²) >= 11 is 0. The van der Waals surface area contributed by atoms with Crippen molar-refractivity contribution in [3.05, 3.63) is 23.5 Å². The van der Waals surface area contributed by atoms with Gasteiger partial charge in [0.05, 0.1) is 26.4 Å². The SMILES string of the molecule is [C-]#[N+]c1cc(OCCCC)c(OCCCC)c(OCCCC)c1. The molecule has 128 valence electrons. The Hall–Kier alpha value is -1.89. The Bertz CT molecular complexity index is 463. The number of hydrogen-bond acceptors (Lipinski definition) is 3. The minimum Gasteiger partial charge on any atom is -0.491 e. The van der Waals surface area contributed by atoms with Crippen molar-refractivity contribution in [1.82, 2.24) is 0 Å². The second-order valence-electron chi connectivity index (χ2n) is 5.49. The standard InChI is InChI=1S/C19H29NO3/c1-5-8-11-21-17-14-16(20-4)15-18(22-12-9-6-2)19(17)23-13-10-7-3/h14-15H,5-13H2,1-3H3. The van der Waals surface area contributed by atoms with Crippen molar-refractivity contribution in [2.75, 3.05) is 19.8 Å². The summed E-state index contributed by atoms with van der Waals surface area (Å²) in [6, 6.07) is 3.49. The fourth-order valence-electron chi connectivity index (χ4n) is 1.96. The van der Waals surface area contributed by atoms with Gasteiger partial charge in [0.2, 0.25) is 5.75 Å². The van der Waals surface area contributed by atoms with E-state index in [4.69, 9.17) is 20.8 Å². The Morgan fingerprint density at radius 3 is 1.61 bits per heavy atom. The molecule has 0 aliphatic heterocycles. The summed E-state index contributed by atoms with van der Waals surface area (Å²) in [5.74, 6) is 1.88. The van der Waals surface area contributed by atoms with E-state index < -0.39 is 0 Å². The number of ether oxygens (including phenoxy) is 3. The minimum atomic E-state index is 0.519. The predicted molar refractivity (Wildman–Crippen MR) is 93.9 cm³/mol. The average Bonchev–Trinajstić information content (AvgIpc) is 2.57. The van der Waals surface area contributed by atoms with E-state index in [-0.39, 0.29) is 0 Å². The van der Waals surface area contributed by atoms with Crippen LogP contribution in [-0.4, -0.2) is 19.8 Å². The van der Waals surface area contributed by atoms with Crippen LogP contribution in [0.5, 0.6) is 17.2 Å². The lowest BCUT2D eigenvalue weighted by molar-refractivity contribution is 0.237. The zero-order valence-electron chi connectivity index (χ0n) is 14.7. The van der Waals surface area contributed by atoms with Gasteiger partial charge in [0.15, 0.2) is 17.2 Å². The fraction of sp³-hybridized carbons (Fsp3) is 0.632. The summed E-state index contributed by atoms with van der Waals surface area (Å²) in [4.78, 5) is 3.52. The zero-order chi connectivity index (χ0) is 16.9. The molecule has 0 saturated heterocycles. The van der Waals surface area contributed by atoms with Gasteiger partial charge in [-0.1, -0.05) is 40.0 Å². The summed E-state index contributed by atoms with van der Waals surface area (Å²) in [5, 5.41) is 0. The van der Waals surface area contributed by atoms with E-state index >= 15 is 0 Å². The topological polar surface area (TPSA) is 32.0 Å². The predicted octanol–water partition coefficient (Wildman–Crippen LogP) is 5.77. The van der Waals surface area contributed by atoms with Gasteiger partial charge in [-0.3, -0.25) is 0 Å². The maximum absolute atomic E-state index is 7.27. The van der Waals surface area contributed by atoms with E-state index in [9.17, 15) is 0 Å².